The molecule has 0 spiro atoms. The average Bonchev–Trinajstić information content (AvgIpc) is 2.95. The van der Waals surface area contributed by atoms with E-state index in [0.29, 0.717) is 6.54 Å². The van der Waals surface area contributed by atoms with Crippen LogP contribution in [0.2, 0.25) is 0 Å². The van der Waals surface area contributed by atoms with Crippen molar-refractivity contribution >= 4 is 16.8 Å². The molecule has 1 amide bonds. The predicted molar refractivity (Wildman–Crippen MR) is 77.7 cm³/mol. The Bertz CT molecular complexity index is 600. The molecule has 1 aliphatic heterocycles. The van der Waals surface area contributed by atoms with Crippen LogP contribution in [0.25, 0.3) is 10.9 Å². The number of aromatic nitrogens is 1. The van der Waals surface area contributed by atoms with Gasteiger partial charge in [0.2, 0.25) is 0 Å². The molecule has 0 radical (unpaired) electrons. The zero-order valence-electron chi connectivity index (χ0n) is 11.4. The molecule has 0 unspecified atom stereocenters. The molecule has 106 valence electrons. The number of carbonyl (C=O) groups excluding carboxylic acids is 1. The van der Waals surface area contributed by atoms with Crippen LogP contribution in [0.3, 0.4) is 0 Å². The minimum atomic E-state index is 0.0942. The van der Waals surface area contributed by atoms with Crippen molar-refractivity contribution in [1.29, 1.82) is 0 Å². The fourth-order valence-corrected chi connectivity index (χ4v) is 2.68. The van der Waals surface area contributed by atoms with Crippen LogP contribution < -0.4 is 0 Å². The van der Waals surface area contributed by atoms with Gasteiger partial charge in [0.15, 0.2) is 0 Å². The van der Waals surface area contributed by atoms with Crippen molar-refractivity contribution in [3.63, 3.8) is 0 Å². The van der Waals surface area contributed by atoms with E-state index in [1.54, 1.807) is 0 Å². The summed E-state index contributed by atoms with van der Waals surface area (Å²) in [5.41, 5.74) is 1.79. The topological polar surface area (TPSA) is 59.6 Å². The third-order valence-corrected chi connectivity index (χ3v) is 3.88. The molecule has 2 aromatic rings. The molecule has 20 heavy (non-hydrogen) atoms. The summed E-state index contributed by atoms with van der Waals surface area (Å²) in [4.78, 5) is 19.7. The monoisotopic (exact) mass is 273 g/mol. The first-order valence-corrected chi connectivity index (χ1v) is 6.97. The van der Waals surface area contributed by atoms with Gasteiger partial charge in [-0.15, -0.1) is 0 Å². The highest BCUT2D eigenvalue weighted by molar-refractivity contribution is 5.98. The van der Waals surface area contributed by atoms with Gasteiger partial charge >= 0.3 is 0 Å². The lowest BCUT2D eigenvalue weighted by Crippen LogP contribution is -2.49. The number of benzene rings is 1. The molecule has 1 fully saturated rings. The molecular formula is C15H19N3O2. The zero-order chi connectivity index (χ0) is 13.9. The molecule has 1 aliphatic rings. The van der Waals surface area contributed by atoms with E-state index in [2.05, 4.69) is 9.88 Å². The van der Waals surface area contributed by atoms with E-state index in [0.717, 1.165) is 42.6 Å². The number of hydrogen-bond donors (Lipinski definition) is 2. The van der Waals surface area contributed by atoms with Gasteiger partial charge in [-0.05, 0) is 24.3 Å². The van der Waals surface area contributed by atoms with Gasteiger partial charge in [0.25, 0.3) is 5.91 Å². The zero-order valence-corrected chi connectivity index (χ0v) is 11.4. The second kappa shape index (κ2) is 5.64. The summed E-state index contributed by atoms with van der Waals surface area (Å²) in [6, 6.07) is 7.74. The summed E-state index contributed by atoms with van der Waals surface area (Å²) in [6.07, 6.45) is 1.88. The molecular weight excluding hydrogens is 254 g/mol. The number of aromatic amines is 1. The van der Waals surface area contributed by atoms with Crippen molar-refractivity contribution in [3.05, 3.63) is 36.0 Å². The van der Waals surface area contributed by atoms with E-state index >= 15 is 0 Å². The van der Waals surface area contributed by atoms with Crippen LogP contribution in [0.5, 0.6) is 0 Å². The molecule has 1 aromatic carbocycles. The fraction of sp³-hybridized carbons (Fsp3) is 0.400. The molecule has 1 aromatic heterocycles. The van der Waals surface area contributed by atoms with Gasteiger partial charge in [0.05, 0.1) is 6.61 Å². The minimum absolute atomic E-state index is 0.0942. The second-order valence-corrected chi connectivity index (χ2v) is 5.14. The Hall–Kier alpha value is -1.85. The number of rotatable bonds is 3. The summed E-state index contributed by atoms with van der Waals surface area (Å²) < 4.78 is 0. The maximum absolute atomic E-state index is 12.5. The molecule has 1 saturated heterocycles. The van der Waals surface area contributed by atoms with E-state index in [9.17, 15) is 4.79 Å². The van der Waals surface area contributed by atoms with E-state index in [1.807, 2.05) is 35.4 Å². The van der Waals surface area contributed by atoms with Crippen molar-refractivity contribution in [2.45, 2.75) is 0 Å². The second-order valence-electron chi connectivity index (χ2n) is 5.14. The van der Waals surface area contributed by atoms with Crippen molar-refractivity contribution < 1.29 is 9.90 Å². The van der Waals surface area contributed by atoms with Crippen LogP contribution in [0.15, 0.2) is 30.5 Å². The Kier molecular flexibility index (Phi) is 3.71. The number of nitrogens with one attached hydrogen (secondary N) is 1. The summed E-state index contributed by atoms with van der Waals surface area (Å²) >= 11 is 0. The van der Waals surface area contributed by atoms with E-state index in [4.69, 9.17) is 5.11 Å². The van der Waals surface area contributed by atoms with Crippen molar-refractivity contribution in [1.82, 2.24) is 14.8 Å². The summed E-state index contributed by atoms with van der Waals surface area (Å²) in [7, 11) is 0. The first-order chi connectivity index (χ1) is 9.78. The van der Waals surface area contributed by atoms with Crippen LogP contribution in [-0.4, -0.2) is 65.1 Å². The first kappa shape index (κ1) is 13.1. The molecule has 2 N–H and O–H groups in total. The minimum Gasteiger partial charge on any atom is -0.395 e. The number of aliphatic hydroxyl groups is 1. The third-order valence-electron chi connectivity index (χ3n) is 3.88. The van der Waals surface area contributed by atoms with E-state index in [1.165, 1.54) is 0 Å². The normalized spacial score (nSPS) is 16.8. The van der Waals surface area contributed by atoms with E-state index in [-0.39, 0.29) is 12.5 Å². The first-order valence-electron chi connectivity index (χ1n) is 6.97. The third kappa shape index (κ3) is 2.55. The largest absolute Gasteiger partial charge is 0.395 e. The molecule has 3 rings (SSSR count). The number of H-pyrrole nitrogens is 1. The van der Waals surface area contributed by atoms with Gasteiger partial charge < -0.3 is 15.0 Å². The summed E-state index contributed by atoms with van der Waals surface area (Å²) in [5.74, 6) is 0.0942. The number of β-amino-alcohol motifs (C(OH)–C–C–N with tert-alkyl or cyclic N) is 1. The lowest BCUT2D eigenvalue weighted by Gasteiger charge is -2.34. The highest BCUT2D eigenvalue weighted by Gasteiger charge is 2.21. The molecule has 5 heteroatoms. The molecule has 0 aliphatic carbocycles. The maximum Gasteiger partial charge on any atom is 0.253 e. The van der Waals surface area contributed by atoms with Crippen LogP contribution in [0, 0.1) is 0 Å². The van der Waals surface area contributed by atoms with Crippen molar-refractivity contribution in [2.75, 3.05) is 39.3 Å². The standard InChI is InChI=1S/C15H19N3O2/c19-10-9-17-5-7-18(8-6-17)15(20)13-1-2-14-12(11-13)3-4-16-14/h1-4,11,16,19H,5-10H2. The van der Waals surface area contributed by atoms with Gasteiger partial charge in [-0.1, -0.05) is 0 Å². The Morgan fingerprint density at radius 1 is 1.20 bits per heavy atom. The van der Waals surface area contributed by atoms with Crippen LogP contribution >= 0.6 is 0 Å². The van der Waals surface area contributed by atoms with Gasteiger partial charge in [0.1, 0.15) is 0 Å². The quantitative estimate of drug-likeness (QED) is 0.874. The highest BCUT2D eigenvalue weighted by Crippen LogP contribution is 2.16. The molecule has 5 nitrogen and oxygen atoms in total. The SMILES string of the molecule is O=C(c1ccc2[nH]ccc2c1)N1CCN(CCO)CC1. The lowest BCUT2D eigenvalue weighted by molar-refractivity contribution is 0.0615. The molecule has 0 atom stereocenters. The van der Waals surface area contributed by atoms with Gasteiger partial charge in [-0.2, -0.15) is 0 Å². The highest BCUT2D eigenvalue weighted by atomic mass is 16.3. The van der Waals surface area contributed by atoms with Crippen LogP contribution in [-0.2, 0) is 0 Å². The Morgan fingerprint density at radius 3 is 2.75 bits per heavy atom. The van der Waals surface area contributed by atoms with Crippen molar-refractivity contribution in [2.24, 2.45) is 0 Å². The maximum atomic E-state index is 12.5. The molecule has 0 saturated carbocycles. The smallest absolute Gasteiger partial charge is 0.253 e. The van der Waals surface area contributed by atoms with Gasteiger partial charge in [-0.25, -0.2) is 0 Å². The Morgan fingerprint density at radius 2 is 2.00 bits per heavy atom. The molecule has 2 heterocycles. The van der Waals surface area contributed by atoms with Crippen molar-refractivity contribution in [3.8, 4) is 0 Å². The lowest BCUT2D eigenvalue weighted by atomic mass is 10.1. The number of piperazine rings is 1. The number of nitrogens with zero attached hydrogens (tertiary/aromatic N) is 2. The Balaban J connectivity index is 1.69. The summed E-state index contributed by atoms with van der Waals surface area (Å²) in [6.45, 7) is 3.99. The number of hydrogen-bond acceptors (Lipinski definition) is 3. The number of aliphatic hydroxyl groups excluding tert-OH is 1. The fourth-order valence-electron chi connectivity index (χ4n) is 2.68. The van der Waals surface area contributed by atoms with Gasteiger partial charge in [-0.3, -0.25) is 9.69 Å². The van der Waals surface area contributed by atoms with Crippen LogP contribution in [0.1, 0.15) is 10.4 Å². The van der Waals surface area contributed by atoms with E-state index < -0.39 is 0 Å². The average molecular weight is 273 g/mol. The molecule has 0 bridgehead atoms. The number of amides is 1. The van der Waals surface area contributed by atoms with Crippen LogP contribution in [0.4, 0.5) is 0 Å². The number of carbonyl (C=O) groups is 1. The number of fused-ring (bicyclic) bond motifs is 1. The van der Waals surface area contributed by atoms with Gasteiger partial charge in [0, 0.05) is 55.4 Å². The Labute approximate surface area is 117 Å². The summed E-state index contributed by atoms with van der Waals surface area (Å²) in [5, 5.41) is 9.99. The predicted octanol–water partition coefficient (Wildman–Crippen LogP) is 0.918.